The van der Waals surface area contributed by atoms with Crippen molar-refractivity contribution in [1.82, 2.24) is 20.1 Å². The van der Waals surface area contributed by atoms with E-state index in [1.807, 2.05) is 41.2 Å². The Morgan fingerprint density at radius 3 is 2.50 bits per heavy atom. The third kappa shape index (κ3) is 3.91. The van der Waals surface area contributed by atoms with Gasteiger partial charge >= 0.3 is 0 Å². The van der Waals surface area contributed by atoms with Crippen molar-refractivity contribution in [3.63, 3.8) is 0 Å². The Morgan fingerprint density at radius 2 is 1.79 bits per heavy atom. The summed E-state index contributed by atoms with van der Waals surface area (Å²) >= 11 is 5.99. The molecule has 3 aromatic rings. The van der Waals surface area contributed by atoms with Crippen LogP contribution in [0.1, 0.15) is 10.4 Å². The van der Waals surface area contributed by atoms with Gasteiger partial charge in [0.15, 0.2) is 5.82 Å². The van der Waals surface area contributed by atoms with E-state index in [0.29, 0.717) is 29.5 Å². The second kappa shape index (κ2) is 7.61. The fourth-order valence-electron chi connectivity index (χ4n) is 2.15. The van der Waals surface area contributed by atoms with E-state index >= 15 is 0 Å². The standard InChI is InChI=1S/C17H16ClN5O/c18-14-6-2-1-5-13(14)17(24)20-10-9-19-15-7-8-16(22-21-15)23-11-3-4-12-23/h1-8,11-12H,9-10H2,(H,19,21)(H,20,24). The average Bonchev–Trinajstić information content (AvgIpc) is 3.14. The predicted octanol–water partition coefficient (Wildman–Crippen LogP) is 2.76. The first-order chi connectivity index (χ1) is 11.7. The van der Waals surface area contributed by atoms with Crippen LogP contribution in [0.15, 0.2) is 60.9 Å². The number of carbonyl (C=O) groups excluding carboxylic acids is 1. The molecule has 1 amide bonds. The smallest absolute Gasteiger partial charge is 0.252 e. The Kier molecular flexibility index (Phi) is 5.08. The summed E-state index contributed by atoms with van der Waals surface area (Å²) in [6.45, 7) is 0.985. The first kappa shape index (κ1) is 16.0. The number of benzene rings is 1. The Bertz CT molecular complexity index is 802. The highest BCUT2D eigenvalue weighted by atomic mass is 35.5. The highest BCUT2D eigenvalue weighted by Gasteiger charge is 2.08. The molecule has 0 saturated carbocycles. The van der Waals surface area contributed by atoms with Gasteiger partial charge in [-0.05, 0) is 36.4 Å². The summed E-state index contributed by atoms with van der Waals surface area (Å²) in [6, 6.07) is 14.5. The summed E-state index contributed by atoms with van der Waals surface area (Å²) in [5.74, 6) is 1.20. The van der Waals surface area contributed by atoms with Crippen LogP contribution in [-0.2, 0) is 0 Å². The molecule has 24 heavy (non-hydrogen) atoms. The van der Waals surface area contributed by atoms with Gasteiger partial charge in [0.1, 0.15) is 5.82 Å². The van der Waals surface area contributed by atoms with E-state index in [4.69, 9.17) is 11.6 Å². The lowest BCUT2D eigenvalue weighted by Gasteiger charge is -2.08. The Labute approximate surface area is 144 Å². The van der Waals surface area contributed by atoms with E-state index in [1.165, 1.54) is 0 Å². The van der Waals surface area contributed by atoms with Gasteiger partial charge in [0.05, 0.1) is 10.6 Å². The molecule has 0 saturated heterocycles. The third-order valence-corrected chi connectivity index (χ3v) is 3.68. The monoisotopic (exact) mass is 341 g/mol. The van der Waals surface area contributed by atoms with E-state index < -0.39 is 0 Å². The predicted molar refractivity (Wildman–Crippen MR) is 93.6 cm³/mol. The molecule has 122 valence electrons. The minimum atomic E-state index is -0.198. The molecule has 0 unspecified atom stereocenters. The molecule has 2 heterocycles. The van der Waals surface area contributed by atoms with Crippen LogP contribution in [0.3, 0.4) is 0 Å². The van der Waals surface area contributed by atoms with Crippen LogP contribution in [-0.4, -0.2) is 33.8 Å². The summed E-state index contributed by atoms with van der Waals surface area (Å²) in [4.78, 5) is 12.0. The van der Waals surface area contributed by atoms with Crippen LogP contribution in [0.5, 0.6) is 0 Å². The van der Waals surface area contributed by atoms with Gasteiger partial charge in [0.25, 0.3) is 5.91 Å². The quantitative estimate of drug-likeness (QED) is 0.676. The molecule has 0 aliphatic rings. The number of rotatable bonds is 6. The highest BCUT2D eigenvalue weighted by Crippen LogP contribution is 2.14. The number of carbonyl (C=O) groups is 1. The molecule has 2 aromatic heterocycles. The van der Waals surface area contributed by atoms with E-state index in [2.05, 4.69) is 20.8 Å². The molecule has 2 N–H and O–H groups in total. The van der Waals surface area contributed by atoms with Gasteiger partial charge in [-0.1, -0.05) is 23.7 Å². The minimum Gasteiger partial charge on any atom is -0.367 e. The summed E-state index contributed by atoms with van der Waals surface area (Å²) in [5.41, 5.74) is 0.468. The Hall–Kier alpha value is -2.86. The maximum absolute atomic E-state index is 12.0. The van der Waals surface area contributed by atoms with Crippen molar-refractivity contribution in [2.75, 3.05) is 18.4 Å². The van der Waals surface area contributed by atoms with Crippen molar-refractivity contribution in [3.8, 4) is 5.82 Å². The van der Waals surface area contributed by atoms with Crippen molar-refractivity contribution in [3.05, 3.63) is 71.5 Å². The Balaban J connectivity index is 1.47. The normalized spacial score (nSPS) is 10.4. The first-order valence-corrected chi connectivity index (χ1v) is 7.85. The number of aromatic nitrogens is 3. The van der Waals surface area contributed by atoms with Crippen molar-refractivity contribution in [2.45, 2.75) is 0 Å². The van der Waals surface area contributed by atoms with Crippen LogP contribution >= 0.6 is 11.6 Å². The lowest BCUT2D eigenvalue weighted by atomic mass is 10.2. The van der Waals surface area contributed by atoms with Gasteiger partial charge in [-0.25, -0.2) is 0 Å². The van der Waals surface area contributed by atoms with Gasteiger partial charge in [0, 0.05) is 25.5 Å². The second-order valence-corrected chi connectivity index (χ2v) is 5.44. The van der Waals surface area contributed by atoms with E-state index in [-0.39, 0.29) is 5.91 Å². The van der Waals surface area contributed by atoms with Gasteiger partial charge in [-0.15, -0.1) is 10.2 Å². The highest BCUT2D eigenvalue weighted by molar-refractivity contribution is 6.33. The molecule has 0 aliphatic heterocycles. The molecule has 0 radical (unpaired) electrons. The molecule has 0 spiro atoms. The minimum absolute atomic E-state index is 0.198. The van der Waals surface area contributed by atoms with Crippen molar-refractivity contribution in [1.29, 1.82) is 0 Å². The van der Waals surface area contributed by atoms with Gasteiger partial charge in [0.2, 0.25) is 0 Å². The molecule has 7 heteroatoms. The van der Waals surface area contributed by atoms with Crippen molar-refractivity contribution in [2.24, 2.45) is 0 Å². The molecule has 0 atom stereocenters. The third-order valence-electron chi connectivity index (χ3n) is 3.35. The van der Waals surface area contributed by atoms with Crippen LogP contribution in [0.25, 0.3) is 5.82 Å². The lowest BCUT2D eigenvalue weighted by molar-refractivity contribution is 0.0955. The summed E-state index contributed by atoms with van der Waals surface area (Å²) in [7, 11) is 0. The number of nitrogens with one attached hydrogen (secondary N) is 2. The molecule has 6 nitrogen and oxygen atoms in total. The zero-order chi connectivity index (χ0) is 16.8. The first-order valence-electron chi connectivity index (χ1n) is 7.48. The fourth-order valence-corrected chi connectivity index (χ4v) is 2.37. The number of halogens is 1. The van der Waals surface area contributed by atoms with E-state index in [1.54, 1.807) is 24.3 Å². The molecular formula is C17H16ClN5O. The van der Waals surface area contributed by atoms with Crippen LogP contribution in [0.4, 0.5) is 5.82 Å². The number of hydrogen-bond acceptors (Lipinski definition) is 4. The molecule has 0 fully saturated rings. The number of anilines is 1. The van der Waals surface area contributed by atoms with Crippen molar-refractivity contribution >= 4 is 23.3 Å². The fraction of sp³-hybridized carbons (Fsp3) is 0.118. The Morgan fingerprint density at radius 1 is 1.00 bits per heavy atom. The molecule has 3 rings (SSSR count). The van der Waals surface area contributed by atoms with Gasteiger partial charge in [-0.2, -0.15) is 0 Å². The molecule has 0 aliphatic carbocycles. The number of amides is 1. The summed E-state index contributed by atoms with van der Waals surface area (Å²) in [5, 5.41) is 14.6. The van der Waals surface area contributed by atoms with Crippen LogP contribution in [0.2, 0.25) is 5.02 Å². The molecular weight excluding hydrogens is 326 g/mol. The van der Waals surface area contributed by atoms with Gasteiger partial charge < -0.3 is 15.2 Å². The zero-order valence-electron chi connectivity index (χ0n) is 12.8. The van der Waals surface area contributed by atoms with E-state index in [0.717, 1.165) is 5.82 Å². The summed E-state index contributed by atoms with van der Waals surface area (Å²) < 4.78 is 1.88. The van der Waals surface area contributed by atoms with Crippen LogP contribution < -0.4 is 10.6 Å². The van der Waals surface area contributed by atoms with Crippen molar-refractivity contribution < 1.29 is 4.79 Å². The largest absolute Gasteiger partial charge is 0.367 e. The number of hydrogen-bond donors (Lipinski definition) is 2. The number of nitrogens with zero attached hydrogens (tertiary/aromatic N) is 3. The van der Waals surface area contributed by atoms with Gasteiger partial charge in [-0.3, -0.25) is 4.79 Å². The lowest BCUT2D eigenvalue weighted by Crippen LogP contribution is -2.29. The topological polar surface area (TPSA) is 71.8 Å². The second-order valence-electron chi connectivity index (χ2n) is 5.03. The summed E-state index contributed by atoms with van der Waals surface area (Å²) in [6.07, 6.45) is 3.81. The maximum Gasteiger partial charge on any atom is 0.252 e. The SMILES string of the molecule is O=C(NCCNc1ccc(-n2cccc2)nn1)c1ccccc1Cl. The molecule has 0 bridgehead atoms. The van der Waals surface area contributed by atoms with E-state index in [9.17, 15) is 4.79 Å². The zero-order valence-corrected chi connectivity index (χ0v) is 13.6. The average molecular weight is 342 g/mol. The molecule has 1 aromatic carbocycles. The maximum atomic E-state index is 12.0. The van der Waals surface area contributed by atoms with Crippen LogP contribution in [0, 0.1) is 0 Å².